The van der Waals surface area contributed by atoms with Crippen LogP contribution in [0.3, 0.4) is 0 Å². The number of aromatic hydroxyl groups is 3. The quantitative estimate of drug-likeness (QED) is 0.555. The second kappa shape index (κ2) is 2.99. The predicted molar refractivity (Wildman–Crippen MR) is 51.2 cm³/mol. The van der Waals surface area contributed by atoms with Gasteiger partial charge in [-0.1, -0.05) is 0 Å². The molecule has 0 bridgehead atoms. The molecule has 72 valence electrons. The van der Waals surface area contributed by atoms with E-state index in [1.54, 1.807) is 18.3 Å². The number of H-pyrrole nitrogens is 1. The smallest absolute Gasteiger partial charge is 0.132 e. The van der Waals surface area contributed by atoms with Gasteiger partial charge in [-0.3, -0.25) is 0 Å². The van der Waals surface area contributed by atoms with Gasteiger partial charge in [0, 0.05) is 18.3 Å². The lowest BCUT2D eigenvalue weighted by Gasteiger charge is -2.05. The Bertz CT molecular complexity index is 425. The summed E-state index contributed by atoms with van der Waals surface area (Å²) in [5.41, 5.74) is 0.882. The number of benzene rings is 1. The van der Waals surface area contributed by atoms with Crippen molar-refractivity contribution in [2.45, 2.75) is 0 Å². The highest BCUT2D eigenvalue weighted by Crippen LogP contribution is 2.39. The maximum absolute atomic E-state index is 9.50. The molecule has 0 radical (unpaired) electrons. The van der Waals surface area contributed by atoms with Crippen LogP contribution in [-0.4, -0.2) is 20.3 Å². The highest BCUT2D eigenvalue weighted by molar-refractivity contribution is 5.74. The van der Waals surface area contributed by atoms with Crippen molar-refractivity contribution in [1.82, 2.24) is 4.98 Å². The van der Waals surface area contributed by atoms with Gasteiger partial charge >= 0.3 is 0 Å². The molecule has 0 atom stereocenters. The lowest BCUT2D eigenvalue weighted by Crippen LogP contribution is -1.80. The fourth-order valence-corrected chi connectivity index (χ4v) is 1.36. The van der Waals surface area contributed by atoms with Gasteiger partial charge in [0.25, 0.3) is 0 Å². The summed E-state index contributed by atoms with van der Waals surface area (Å²) in [4.78, 5) is 2.85. The largest absolute Gasteiger partial charge is 0.508 e. The third-order valence-corrected chi connectivity index (χ3v) is 1.95. The SMILES string of the molecule is Oc1cc(O)c(-c2ccc[nH]2)c(O)c1. The van der Waals surface area contributed by atoms with Crippen LogP contribution < -0.4 is 0 Å². The summed E-state index contributed by atoms with van der Waals surface area (Å²) >= 11 is 0. The minimum atomic E-state index is -0.171. The van der Waals surface area contributed by atoms with Gasteiger partial charge in [-0.2, -0.15) is 0 Å². The van der Waals surface area contributed by atoms with Crippen molar-refractivity contribution in [2.75, 3.05) is 0 Å². The molecule has 2 aromatic rings. The molecule has 2 rings (SSSR count). The molecule has 1 aromatic carbocycles. The number of hydrogen-bond acceptors (Lipinski definition) is 3. The Kier molecular flexibility index (Phi) is 1.81. The molecule has 0 saturated carbocycles. The normalized spacial score (nSPS) is 10.3. The first-order chi connectivity index (χ1) is 6.68. The van der Waals surface area contributed by atoms with Gasteiger partial charge in [-0.05, 0) is 12.1 Å². The monoisotopic (exact) mass is 191 g/mol. The standard InChI is InChI=1S/C10H9NO3/c12-6-4-8(13)10(9(14)5-6)7-2-1-3-11-7/h1-5,11-14H. The summed E-state index contributed by atoms with van der Waals surface area (Å²) in [6.07, 6.45) is 1.68. The zero-order valence-corrected chi connectivity index (χ0v) is 7.23. The molecule has 1 heterocycles. The van der Waals surface area contributed by atoms with Crippen molar-refractivity contribution in [3.8, 4) is 28.5 Å². The van der Waals surface area contributed by atoms with Gasteiger partial charge in [-0.25, -0.2) is 0 Å². The Hall–Kier alpha value is -2.10. The van der Waals surface area contributed by atoms with Crippen molar-refractivity contribution in [3.05, 3.63) is 30.5 Å². The summed E-state index contributed by atoms with van der Waals surface area (Å²) < 4.78 is 0. The highest BCUT2D eigenvalue weighted by Gasteiger charge is 2.11. The average Bonchev–Trinajstić information content (AvgIpc) is 2.54. The van der Waals surface area contributed by atoms with E-state index in [-0.39, 0.29) is 22.8 Å². The van der Waals surface area contributed by atoms with Gasteiger partial charge < -0.3 is 20.3 Å². The third-order valence-electron chi connectivity index (χ3n) is 1.95. The molecular weight excluding hydrogens is 182 g/mol. The van der Waals surface area contributed by atoms with E-state index in [2.05, 4.69) is 4.98 Å². The maximum Gasteiger partial charge on any atom is 0.132 e. The van der Waals surface area contributed by atoms with E-state index in [0.717, 1.165) is 0 Å². The molecule has 4 nitrogen and oxygen atoms in total. The number of phenols is 3. The molecule has 0 aliphatic heterocycles. The lowest BCUT2D eigenvalue weighted by atomic mass is 10.1. The topological polar surface area (TPSA) is 76.5 Å². The fraction of sp³-hybridized carbons (Fsp3) is 0. The van der Waals surface area contributed by atoms with Crippen LogP contribution in [0, 0.1) is 0 Å². The van der Waals surface area contributed by atoms with Crippen LogP contribution in [-0.2, 0) is 0 Å². The van der Waals surface area contributed by atoms with Crippen molar-refractivity contribution < 1.29 is 15.3 Å². The van der Waals surface area contributed by atoms with Gasteiger partial charge in [-0.15, -0.1) is 0 Å². The first-order valence-corrected chi connectivity index (χ1v) is 4.07. The molecule has 0 saturated heterocycles. The molecule has 0 aliphatic rings. The van der Waals surface area contributed by atoms with Crippen LogP contribution in [0.2, 0.25) is 0 Å². The lowest BCUT2D eigenvalue weighted by molar-refractivity contribution is 0.430. The summed E-state index contributed by atoms with van der Waals surface area (Å²) in [5.74, 6) is -0.495. The Morgan fingerprint density at radius 1 is 1.00 bits per heavy atom. The second-order valence-corrected chi connectivity index (χ2v) is 2.94. The highest BCUT2D eigenvalue weighted by atomic mass is 16.3. The second-order valence-electron chi connectivity index (χ2n) is 2.94. The van der Waals surface area contributed by atoms with Gasteiger partial charge in [0.05, 0.1) is 11.3 Å². The van der Waals surface area contributed by atoms with E-state index < -0.39 is 0 Å². The third kappa shape index (κ3) is 1.26. The zero-order valence-electron chi connectivity index (χ0n) is 7.23. The zero-order chi connectivity index (χ0) is 10.1. The average molecular weight is 191 g/mol. The molecule has 0 fully saturated rings. The molecule has 4 N–H and O–H groups in total. The van der Waals surface area contributed by atoms with Crippen molar-refractivity contribution in [2.24, 2.45) is 0 Å². The van der Waals surface area contributed by atoms with Crippen molar-refractivity contribution >= 4 is 0 Å². The Morgan fingerprint density at radius 2 is 1.64 bits per heavy atom. The number of hydrogen-bond donors (Lipinski definition) is 4. The van der Waals surface area contributed by atoms with E-state index in [9.17, 15) is 10.2 Å². The molecule has 0 spiro atoms. The Morgan fingerprint density at radius 3 is 2.14 bits per heavy atom. The van der Waals surface area contributed by atoms with Crippen LogP contribution >= 0.6 is 0 Å². The number of aromatic nitrogens is 1. The van der Waals surface area contributed by atoms with E-state index in [4.69, 9.17) is 5.11 Å². The van der Waals surface area contributed by atoms with Gasteiger partial charge in [0.2, 0.25) is 0 Å². The van der Waals surface area contributed by atoms with E-state index in [1.807, 2.05) is 0 Å². The summed E-state index contributed by atoms with van der Waals surface area (Å²) in [7, 11) is 0. The predicted octanol–water partition coefficient (Wildman–Crippen LogP) is 1.80. The van der Waals surface area contributed by atoms with Gasteiger partial charge in [0.15, 0.2) is 0 Å². The number of nitrogens with one attached hydrogen (secondary N) is 1. The van der Waals surface area contributed by atoms with E-state index in [0.29, 0.717) is 5.69 Å². The summed E-state index contributed by atoms with van der Waals surface area (Å²) in [6, 6.07) is 5.82. The molecule has 4 heteroatoms. The summed E-state index contributed by atoms with van der Waals surface area (Å²) in [6.45, 7) is 0. The molecule has 14 heavy (non-hydrogen) atoms. The fourth-order valence-electron chi connectivity index (χ4n) is 1.36. The molecular formula is C10H9NO3. The minimum Gasteiger partial charge on any atom is -0.508 e. The van der Waals surface area contributed by atoms with Crippen LogP contribution in [0.5, 0.6) is 17.2 Å². The summed E-state index contributed by atoms with van der Waals surface area (Å²) in [5, 5.41) is 28.1. The van der Waals surface area contributed by atoms with Gasteiger partial charge in [0.1, 0.15) is 17.2 Å². The number of aromatic amines is 1. The number of rotatable bonds is 1. The first-order valence-electron chi connectivity index (χ1n) is 4.07. The van der Waals surface area contributed by atoms with Crippen LogP contribution in [0.4, 0.5) is 0 Å². The van der Waals surface area contributed by atoms with E-state index >= 15 is 0 Å². The van der Waals surface area contributed by atoms with Crippen LogP contribution in [0.25, 0.3) is 11.3 Å². The van der Waals surface area contributed by atoms with E-state index in [1.165, 1.54) is 12.1 Å². The van der Waals surface area contributed by atoms with Crippen molar-refractivity contribution in [1.29, 1.82) is 0 Å². The Labute approximate surface area is 80.1 Å². The molecule has 0 unspecified atom stereocenters. The molecule has 0 amide bonds. The van der Waals surface area contributed by atoms with Crippen LogP contribution in [0.1, 0.15) is 0 Å². The minimum absolute atomic E-state index is 0.162. The van der Waals surface area contributed by atoms with Crippen LogP contribution in [0.15, 0.2) is 30.5 Å². The first kappa shape index (κ1) is 8.50. The maximum atomic E-state index is 9.50. The Balaban J connectivity index is 2.64. The van der Waals surface area contributed by atoms with Crippen molar-refractivity contribution in [3.63, 3.8) is 0 Å². The molecule has 1 aromatic heterocycles. The molecule has 0 aliphatic carbocycles. The number of phenolic OH excluding ortho intramolecular Hbond substituents is 3.